The summed E-state index contributed by atoms with van der Waals surface area (Å²) in [5, 5.41) is 2.89. The second kappa shape index (κ2) is 8.67. The first-order chi connectivity index (χ1) is 15.4. The van der Waals surface area contributed by atoms with Crippen LogP contribution in [0, 0.1) is 0 Å². The molecule has 1 aliphatic rings. The number of nitrogens with one attached hydrogen (secondary N) is 1. The minimum absolute atomic E-state index is 0.311. The van der Waals surface area contributed by atoms with Crippen LogP contribution in [0.15, 0.2) is 91.0 Å². The normalized spacial score (nSPS) is 15.9. The maximum absolute atomic E-state index is 13.8. The summed E-state index contributed by atoms with van der Waals surface area (Å²) in [6.45, 7) is 1.98. The van der Waals surface area contributed by atoms with Crippen molar-refractivity contribution in [2.75, 3.05) is 7.05 Å². The van der Waals surface area contributed by atoms with Gasteiger partial charge in [-0.2, -0.15) is 0 Å². The number of amides is 4. The number of urea groups is 1. The molecule has 3 aromatic carbocycles. The molecule has 3 aromatic rings. The number of nitrogens with zero attached hydrogens (tertiary/aromatic N) is 2. The molecule has 162 valence electrons. The highest BCUT2D eigenvalue weighted by Crippen LogP contribution is 2.36. The molecule has 1 N–H and O–H groups in total. The zero-order valence-corrected chi connectivity index (χ0v) is 18.1. The Balaban J connectivity index is 1.66. The second-order valence-electron chi connectivity index (χ2n) is 7.94. The smallest absolute Gasteiger partial charge is 0.326 e. The molecule has 1 unspecified atom stereocenters. The van der Waals surface area contributed by atoms with E-state index in [1.165, 1.54) is 4.90 Å². The Labute approximate surface area is 187 Å². The highest BCUT2D eigenvalue weighted by molar-refractivity contribution is 6.12. The van der Waals surface area contributed by atoms with Crippen LogP contribution in [0.3, 0.4) is 0 Å². The van der Waals surface area contributed by atoms with Crippen LogP contribution in [0.1, 0.15) is 23.6 Å². The summed E-state index contributed by atoms with van der Waals surface area (Å²) in [7, 11) is 1.67. The van der Waals surface area contributed by atoms with E-state index in [0.717, 1.165) is 10.5 Å². The molecule has 1 heterocycles. The fraction of sp³-hybridized carbons (Fsp3) is 0.192. The van der Waals surface area contributed by atoms with Crippen LogP contribution < -0.4 is 5.32 Å². The summed E-state index contributed by atoms with van der Waals surface area (Å²) in [6.07, 6.45) is 0. The lowest BCUT2D eigenvalue weighted by Crippen LogP contribution is -2.50. The number of hydrogen-bond acceptors (Lipinski definition) is 3. The van der Waals surface area contributed by atoms with E-state index in [1.54, 1.807) is 14.0 Å². The average molecular weight is 428 g/mol. The van der Waals surface area contributed by atoms with Gasteiger partial charge in [-0.05, 0) is 23.6 Å². The fourth-order valence-electron chi connectivity index (χ4n) is 4.20. The van der Waals surface area contributed by atoms with Crippen molar-refractivity contribution in [3.8, 4) is 0 Å². The number of benzene rings is 3. The first-order valence-corrected chi connectivity index (χ1v) is 10.5. The van der Waals surface area contributed by atoms with Crippen molar-refractivity contribution in [2.24, 2.45) is 0 Å². The summed E-state index contributed by atoms with van der Waals surface area (Å²) in [5.41, 5.74) is 0.871. The quantitative estimate of drug-likeness (QED) is 0.612. The van der Waals surface area contributed by atoms with Crippen molar-refractivity contribution in [1.82, 2.24) is 15.1 Å². The molecular weight excluding hydrogens is 402 g/mol. The van der Waals surface area contributed by atoms with Crippen LogP contribution in [0.25, 0.3) is 0 Å². The first-order valence-electron chi connectivity index (χ1n) is 10.5. The standard InChI is InChI=1S/C26H25N3O3/c1-19(23(30)28(2)18-20-12-6-3-7-13-20)29-24(31)26(27-25(29)32,21-14-8-4-9-15-21)22-16-10-5-11-17-22/h3-17,19H,18H2,1-2H3,(H,27,32). The Bertz CT molecular complexity index is 1080. The van der Waals surface area contributed by atoms with Crippen molar-refractivity contribution >= 4 is 17.8 Å². The van der Waals surface area contributed by atoms with Gasteiger partial charge in [0.15, 0.2) is 5.54 Å². The molecule has 6 nitrogen and oxygen atoms in total. The Morgan fingerprint density at radius 2 is 1.34 bits per heavy atom. The number of likely N-dealkylation sites (N-methyl/N-ethyl adjacent to an activating group) is 1. The highest BCUT2D eigenvalue weighted by Gasteiger charge is 2.56. The molecule has 0 saturated carbocycles. The van der Waals surface area contributed by atoms with Gasteiger partial charge in [-0.15, -0.1) is 0 Å². The molecule has 32 heavy (non-hydrogen) atoms. The van der Waals surface area contributed by atoms with Gasteiger partial charge in [0.1, 0.15) is 6.04 Å². The van der Waals surface area contributed by atoms with E-state index in [4.69, 9.17) is 0 Å². The van der Waals surface area contributed by atoms with Crippen molar-refractivity contribution in [3.63, 3.8) is 0 Å². The van der Waals surface area contributed by atoms with E-state index in [-0.39, 0.29) is 5.91 Å². The highest BCUT2D eigenvalue weighted by atomic mass is 16.2. The van der Waals surface area contributed by atoms with E-state index in [0.29, 0.717) is 17.7 Å². The molecule has 4 amide bonds. The maximum Gasteiger partial charge on any atom is 0.326 e. The Morgan fingerprint density at radius 3 is 1.84 bits per heavy atom. The summed E-state index contributed by atoms with van der Waals surface area (Å²) in [5.74, 6) is -0.775. The van der Waals surface area contributed by atoms with Crippen LogP contribution in [0.5, 0.6) is 0 Å². The van der Waals surface area contributed by atoms with Gasteiger partial charge in [-0.3, -0.25) is 9.59 Å². The monoisotopic (exact) mass is 427 g/mol. The summed E-state index contributed by atoms with van der Waals surface area (Å²) >= 11 is 0. The predicted octanol–water partition coefficient (Wildman–Crippen LogP) is 3.53. The van der Waals surface area contributed by atoms with Gasteiger partial charge < -0.3 is 10.2 Å². The van der Waals surface area contributed by atoms with Crippen molar-refractivity contribution in [2.45, 2.75) is 25.0 Å². The third-order valence-electron chi connectivity index (χ3n) is 5.85. The predicted molar refractivity (Wildman–Crippen MR) is 121 cm³/mol. The van der Waals surface area contributed by atoms with Gasteiger partial charge in [0, 0.05) is 13.6 Å². The number of hydrogen-bond donors (Lipinski definition) is 1. The van der Waals surface area contributed by atoms with Crippen LogP contribution in [-0.2, 0) is 21.7 Å². The lowest BCUT2D eigenvalue weighted by molar-refractivity contribution is -0.142. The largest absolute Gasteiger partial charge is 0.340 e. The molecule has 1 aliphatic heterocycles. The van der Waals surface area contributed by atoms with Crippen LogP contribution >= 0.6 is 0 Å². The topological polar surface area (TPSA) is 69.7 Å². The molecule has 1 fully saturated rings. The van der Waals surface area contributed by atoms with Crippen molar-refractivity contribution in [1.29, 1.82) is 0 Å². The number of imide groups is 1. The van der Waals surface area contributed by atoms with E-state index in [1.807, 2.05) is 91.0 Å². The number of carbonyl (C=O) groups is 3. The van der Waals surface area contributed by atoms with E-state index >= 15 is 0 Å². The molecule has 0 aromatic heterocycles. The zero-order valence-electron chi connectivity index (χ0n) is 18.1. The summed E-state index contributed by atoms with van der Waals surface area (Å²) in [4.78, 5) is 42.7. The molecule has 0 bridgehead atoms. The second-order valence-corrected chi connectivity index (χ2v) is 7.94. The van der Waals surface area contributed by atoms with E-state index in [9.17, 15) is 14.4 Å². The lowest BCUT2D eigenvalue weighted by Gasteiger charge is -2.30. The van der Waals surface area contributed by atoms with Crippen molar-refractivity contribution in [3.05, 3.63) is 108 Å². The molecule has 0 spiro atoms. The molecule has 4 rings (SSSR count). The van der Waals surface area contributed by atoms with Gasteiger partial charge >= 0.3 is 6.03 Å². The van der Waals surface area contributed by atoms with Crippen molar-refractivity contribution < 1.29 is 14.4 Å². The van der Waals surface area contributed by atoms with E-state index < -0.39 is 23.5 Å². The minimum Gasteiger partial charge on any atom is -0.340 e. The third-order valence-corrected chi connectivity index (χ3v) is 5.85. The molecule has 1 atom stereocenters. The molecule has 1 saturated heterocycles. The average Bonchev–Trinajstić information content (AvgIpc) is 3.10. The maximum atomic E-state index is 13.8. The molecule has 0 radical (unpaired) electrons. The fourth-order valence-corrected chi connectivity index (χ4v) is 4.20. The van der Waals surface area contributed by atoms with Gasteiger partial charge in [0.05, 0.1) is 0 Å². The van der Waals surface area contributed by atoms with Crippen LogP contribution in [0.4, 0.5) is 4.79 Å². The Kier molecular flexibility index (Phi) is 5.77. The SMILES string of the molecule is CC(C(=O)N(C)Cc1ccccc1)N1C(=O)NC(c2ccccc2)(c2ccccc2)C1=O. The molecule has 0 aliphatic carbocycles. The summed E-state index contributed by atoms with van der Waals surface area (Å²) in [6, 6.07) is 26.3. The minimum atomic E-state index is -1.38. The third kappa shape index (κ3) is 3.64. The van der Waals surface area contributed by atoms with Gasteiger partial charge in [0.25, 0.3) is 5.91 Å². The number of carbonyl (C=O) groups excluding carboxylic acids is 3. The van der Waals surface area contributed by atoms with Gasteiger partial charge in [-0.1, -0.05) is 91.0 Å². The van der Waals surface area contributed by atoms with E-state index in [2.05, 4.69) is 5.32 Å². The zero-order chi connectivity index (χ0) is 22.7. The van der Waals surface area contributed by atoms with Gasteiger partial charge in [-0.25, -0.2) is 9.69 Å². The summed E-state index contributed by atoms with van der Waals surface area (Å²) < 4.78 is 0. The van der Waals surface area contributed by atoms with Gasteiger partial charge in [0.2, 0.25) is 5.91 Å². The molecule has 6 heteroatoms. The Morgan fingerprint density at radius 1 is 0.875 bits per heavy atom. The first kappa shape index (κ1) is 21.3. The number of rotatable bonds is 6. The molecular formula is C26H25N3O3. The Hall–Kier alpha value is -3.93. The van der Waals surface area contributed by atoms with Crippen LogP contribution in [-0.4, -0.2) is 40.7 Å². The van der Waals surface area contributed by atoms with Crippen LogP contribution in [0.2, 0.25) is 0 Å². The lowest BCUT2D eigenvalue weighted by atomic mass is 9.82.